The number of phenols is 1. The molecule has 1 saturated carbocycles. The van der Waals surface area contributed by atoms with Crippen molar-refractivity contribution in [2.45, 2.75) is 25.5 Å². The number of amides is 1. The zero-order valence-electron chi connectivity index (χ0n) is 20.6. The maximum absolute atomic E-state index is 13.9. The van der Waals surface area contributed by atoms with E-state index in [9.17, 15) is 24.9 Å². The first-order valence-corrected chi connectivity index (χ1v) is 11.5. The van der Waals surface area contributed by atoms with E-state index in [0.717, 1.165) is 11.3 Å². The number of fused-ring (bicyclic) bond motifs is 3. The summed E-state index contributed by atoms with van der Waals surface area (Å²) < 4.78 is 5.22. The number of hydrogen-bond acceptors (Lipinski definition) is 8. The van der Waals surface area contributed by atoms with Gasteiger partial charge in [0.1, 0.15) is 0 Å². The number of nitrogens with two attached hydrogens (primary N) is 1. The summed E-state index contributed by atoms with van der Waals surface area (Å²) in [6.45, 7) is 0.127. The Balaban J connectivity index is 1.93. The van der Waals surface area contributed by atoms with E-state index < -0.39 is 29.6 Å². The molecule has 4 rings (SSSR count). The molecule has 5 N–H and O–H groups in total. The SMILES string of the molecule is [B]=C1C(C(N)=O)=C(O)[C@@H](N(C)C)C2CC3Cc4c(N(C)C)cc(COC)c(O)c4C(O)=C3C(=O)C12. The molecule has 185 valence electrons. The van der Waals surface area contributed by atoms with Gasteiger partial charge in [-0.05, 0) is 0 Å². The molecule has 0 aliphatic heterocycles. The Hall–Kier alpha value is -3.11. The van der Waals surface area contributed by atoms with E-state index in [1.165, 1.54) is 7.11 Å². The molecule has 1 radical (unpaired) electrons. The third-order valence-corrected chi connectivity index (χ3v) is 7.50. The van der Waals surface area contributed by atoms with Gasteiger partial charge in [-0.2, -0.15) is 0 Å². The number of carbonyl (C=O) groups excluding carboxylic acids is 2. The standard InChI is InChI=1S/C25H31BN3O6/c1-28(2)14-8-11(9-35-5)21(30)17-12(14)6-10-7-13-16(22(31)15(10)23(17)32)19(26)18(25(27)34)24(33)20(13)29(3)4/h8,10,13,16,20,30,32-33H,6-7,9H2,1-5H3,(H2,27,34)/t10?,13?,16?,20-/m0/s1. The average Bonchev–Trinajstić information content (AvgIpc) is 2.74. The molecule has 0 heterocycles. The fraction of sp³-hybridized carbons (Fsp3) is 0.480. The number of Topliss-reactive ketones (excluding diaryl/α,β-unsaturated/α-hetero) is 1. The Morgan fingerprint density at radius 3 is 2.43 bits per heavy atom. The molecule has 0 aromatic heterocycles. The number of aliphatic hydroxyl groups excluding tert-OH is 2. The van der Waals surface area contributed by atoms with Crippen LogP contribution >= 0.6 is 0 Å². The van der Waals surface area contributed by atoms with Gasteiger partial charge in [0.15, 0.2) is 0 Å². The summed E-state index contributed by atoms with van der Waals surface area (Å²) in [5, 5.41) is 33.4. The van der Waals surface area contributed by atoms with Crippen LogP contribution in [0, 0.1) is 17.8 Å². The fourth-order valence-electron chi connectivity index (χ4n) is 6.13. The molecule has 4 atom stereocenters. The minimum absolute atomic E-state index is 0.0843. The van der Waals surface area contributed by atoms with Crippen molar-refractivity contribution in [1.82, 2.24) is 4.90 Å². The van der Waals surface area contributed by atoms with Crippen molar-refractivity contribution in [2.24, 2.45) is 23.5 Å². The van der Waals surface area contributed by atoms with Gasteiger partial charge in [-0.15, -0.1) is 0 Å². The van der Waals surface area contributed by atoms with E-state index >= 15 is 0 Å². The molecule has 3 aliphatic rings. The number of aromatic hydroxyl groups is 1. The fourth-order valence-corrected chi connectivity index (χ4v) is 6.13. The Morgan fingerprint density at radius 1 is 1.23 bits per heavy atom. The van der Waals surface area contributed by atoms with E-state index in [4.69, 9.17) is 18.0 Å². The zero-order chi connectivity index (χ0) is 25.9. The number of benzene rings is 1. The van der Waals surface area contributed by atoms with Gasteiger partial charge in [0.05, 0.1) is 0 Å². The van der Waals surface area contributed by atoms with Gasteiger partial charge in [0, 0.05) is 0 Å². The normalized spacial score (nSPS) is 26.0. The van der Waals surface area contributed by atoms with E-state index in [2.05, 4.69) is 0 Å². The predicted molar refractivity (Wildman–Crippen MR) is 134 cm³/mol. The number of hydrogen-bond donors (Lipinski definition) is 4. The zero-order valence-corrected chi connectivity index (χ0v) is 20.6. The number of aliphatic hydroxyl groups is 2. The van der Waals surface area contributed by atoms with Gasteiger partial charge < -0.3 is 0 Å². The molecule has 0 saturated heterocycles. The maximum atomic E-state index is 13.9. The minimum atomic E-state index is -0.937. The second-order valence-corrected chi connectivity index (χ2v) is 9.98. The molecule has 1 amide bonds. The third kappa shape index (κ3) is 3.66. The van der Waals surface area contributed by atoms with Crippen molar-refractivity contribution in [2.75, 3.05) is 40.2 Å². The van der Waals surface area contributed by atoms with Crippen LogP contribution in [0.5, 0.6) is 5.75 Å². The van der Waals surface area contributed by atoms with Gasteiger partial charge in [0.25, 0.3) is 0 Å². The predicted octanol–water partition coefficient (Wildman–Crippen LogP) is 0.833. The van der Waals surface area contributed by atoms with Gasteiger partial charge in [-0.25, -0.2) is 0 Å². The van der Waals surface area contributed by atoms with E-state index in [-0.39, 0.29) is 52.0 Å². The number of ketones is 1. The summed E-state index contributed by atoms with van der Waals surface area (Å²) in [4.78, 5) is 29.7. The van der Waals surface area contributed by atoms with Crippen molar-refractivity contribution in [3.63, 3.8) is 0 Å². The monoisotopic (exact) mass is 480 g/mol. The van der Waals surface area contributed by atoms with Gasteiger partial charge in [-0.3, -0.25) is 0 Å². The second-order valence-electron chi connectivity index (χ2n) is 9.98. The van der Waals surface area contributed by atoms with Crippen molar-refractivity contribution in [1.29, 1.82) is 0 Å². The van der Waals surface area contributed by atoms with E-state index in [1.807, 2.05) is 25.1 Å². The molecule has 10 heteroatoms. The summed E-state index contributed by atoms with van der Waals surface area (Å²) in [6.07, 6.45) is 0.841. The number of methoxy groups -OCH3 is 1. The third-order valence-electron chi connectivity index (χ3n) is 7.50. The Bertz CT molecular complexity index is 1200. The number of nitrogens with zero attached hydrogens (tertiary/aromatic N) is 2. The summed E-state index contributed by atoms with van der Waals surface area (Å²) in [7, 11) is 15.0. The Kier molecular flexibility index (Phi) is 6.31. The quantitative estimate of drug-likeness (QED) is 0.455. The molecular weight excluding hydrogens is 449 g/mol. The summed E-state index contributed by atoms with van der Waals surface area (Å²) in [6, 6.07) is 1.18. The molecule has 3 aliphatic carbocycles. The van der Waals surface area contributed by atoms with Crippen molar-refractivity contribution in [3.05, 3.63) is 39.7 Å². The summed E-state index contributed by atoms with van der Waals surface area (Å²) in [5.74, 6) is -3.71. The number of allylic oxidation sites excluding steroid dienone is 1. The van der Waals surface area contributed by atoms with Crippen LogP contribution in [0.1, 0.15) is 23.1 Å². The molecule has 0 bridgehead atoms. The molecule has 1 aromatic carbocycles. The second kappa shape index (κ2) is 8.84. The molecule has 35 heavy (non-hydrogen) atoms. The summed E-state index contributed by atoms with van der Waals surface area (Å²) in [5.41, 5.74) is 7.61. The molecular formula is C25H31BN3O6. The van der Waals surface area contributed by atoms with Crippen molar-refractivity contribution in [3.8, 4) is 5.75 Å². The number of rotatable bonds is 5. The Morgan fingerprint density at radius 2 is 1.89 bits per heavy atom. The van der Waals surface area contributed by atoms with Crippen LogP contribution in [0.15, 0.2) is 23.0 Å². The average molecular weight is 480 g/mol. The van der Waals surface area contributed by atoms with Crippen LogP contribution in [-0.4, -0.2) is 86.2 Å². The van der Waals surface area contributed by atoms with Crippen molar-refractivity contribution >= 4 is 36.1 Å². The van der Waals surface area contributed by atoms with E-state index in [1.54, 1.807) is 19.0 Å². The van der Waals surface area contributed by atoms with Crippen LogP contribution in [0.25, 0.3) is 5.76 Å². The Labute approximate surface area is 205 Å². The van der Waals surface area contributed by atoms with E-state index in [0.29, 0.717) is 18.4 Å². The van der Waals surface area contributed by atoms with Crippen LogP contribution in [0.3, 0.4) is 0 Å². The first kappa shape index (κ1) is 25.0. The summed E-state index contributed by atoms with van der Waals surface area (Å²) >= 11 is 0. The van der Waals surface area contributed by atoms with Gasteiger partial charge in [0.2, 0.25) is 0 Å². The number of primary amides is 1. The first-order valence-electron chi connectivity index (χ1n) is 11.5. The molecule has 1 fully saturated rings. The molecule has 3 unspecified atom stereocenters. The molecule has 0 spiro atoms. The number of anilines is 1. The van der Waals surface area contributed by atoms with Gasteiger partial charge in [-0.1, -0.05) is 0 Å². The van der Waals surface area contributed by atoms with Crippen LogP contribution in [-0.2, 0) is 27.4 Å². The van der Waals surface area contributed by atoms with Gasteiger partial charge >= 0.3 is 205 Å². The topological polar surface area (TPSA) is 137 Å². The van der Waals surface area contributed by atoms with Crippen LogP contribution in [0.2, 0.25) is 0 Å². The van der Waals surface area contributed by atoms with Crippen LogP contribution < -0.4 is 10.6 Å². The molecule has 1 aromatic rings. The number of phenolic OH excluding ortho intramolecular Hbond substituents is 1. The van der Waals surface area contributed by atoms with Crippen molar-refractivity contribution < 1.29 is 29.6 Å². The number of likely N-dealkylation sites (N-methyl/N-ethyl adjacent to an activating group) is 1. The number of ether oxygens (including phenoxy) is 1. The first-order chi connectivity index (χ1) is 16.4. The number of carbonyl (C=O) groups is 2. The van der Waals surface area contributed by atoms with Crippen LogP contribution in [0.4, 0.5) is 5.69 Å². The molecule has 9 nitrogen and oxygen atoms in total.